The fourth-order valence-electron chi connectivity index (χ4n) is 2.60. The highest BCUT2D eigenvalue weighted by atomic mass is 31.2. The first kappa shape index (κ1) is 23.4. The molecule has 4 heteroatoms. The predicted octanol–water partition coefficient (Wildman–Crippen LogP) is 7.52. The van der Waals surface area contributed by atoms with Crippen LogP contribution in [0.15, 0.2) is 18.2 Å². The van der Waals surface area contributed by atoms with E-state index < -0.39 is 8.60 Å². The van der Waals surface area contributed by atoms with Gasteiger partial charge in [0.2, 0.25) is 0 Å². The van der Waals surface area contributed by atoms with E-state index in [4.69, 9.17) is 13.6 Å². The first-order valence-electron chi connectivity index (χ1n) is 9.98. The van der Waals surface area contributed by atoms with E-state index in [-0.39, 0.29) is 10.8 Å². The van der Waals surface area contributed by atoms with E-state index in [1.54, 1.807) is 0 Å². The molecule has 0 fully saturated rings. The van der Waals surface area contributed by atoms with E-state index in [2.05, 4.69) is 73.6 Å². The molecule has 150 valence electrons. The largest absolute Gasteiger partial charge is 0.427 e. The van der Waals surface area contributed by atoms with Crippen LogP contribution in [0.1, 0.15) is 92.2 Å². The highest BCUT2D eigenvalue weighted by Gasteiger charge is 2.26. The summed E-state index contributed by atoms with van der Waals surface area (Å²) in [6.07, 6.45) is 4.25. The minimum absolute atomic E-state index is 0.0525. The van der Waals surface area contributed by atoms with Gasteiger partial charge in [0, 0.05) is 0 Å². The molecule has 0 N–H and O–H groups in total. The SMILES string of the molecule is CCCCOP(OCCCC)Oc1ccc(C(C)(C)C)c(C(C)(C)C)c1. The summed E-state index contributed by atoms with van der Waals surface area (Å²) in [4.78, 5) is 0. The van der Waals surface area contributed by atoms with Crippen LogP contribution in [0.25, 0.3) is 0 Å². The van der Waals surface area contributed by atoms with Crippen molar-refractivity contribution >= 4 is 8.60 Å². The summed E-state index contributed by atoms with van der Waals surface area (Å²) in [6.45, 7) is 19.2. The maximum absolute atomic E-state index is 6.13. The second-order valence-electron chi connectivity index (χ2n) is 8.90. The van der Waals surface area contributed by atoms with Gasteiger partial charge in [-0.25, -0.2) is 0 Å². The highest BCUT2D eigenvalue weighted by Crippen LogP contribution is 2.43. The molecule has 0 amide bonds. The topological polar surface area (TPSA) is 27.7 Å². The zero-order valence-corrected chi connectivity index (χ0v) is 19.0. The van der Waals surface area contributed by atoms with Crippen LogP contribution < -0.4 is 4.52 Å². The van der Waals surface area contributed by atoms with Gasteiger partial charge in [-0.3, -0.25) is 0 Å². The van der Waals surface area contributed by atoms with E-state index in [0.717, 1.165) is 31.4 Å². The fourth-order valence-corrected chi connectivity index (χ4v) is 3.62. The molecule has 1 aromatic carbocycles. The Balaban J connectivity index is 2.99. The molecule has 0 aliphatic rings. The molecule has 0 spiro atoms. The van der Waals surface area contributed by atoms with Crippen molar-refractivity contribution in [2.24, 2.45) is 0 Å². The highest BCUT2D eigenvalue weighted by molar-refractivity contribution is 7.42. The standard InChI is InChI=1S/C22H39O3P/c1-9-11-15-23-26(24-16-12-10-2)25-18-13-14-19(21(3,4)5)20(17-18)22(6,7)8/h13-14,17H,9-12,15-16H2,1-8H3. The Hall–Kier alpha value is -0.630. The number of hydrogen-bond acceptors (Lipinski definition) is 3. The van der Waals surface area contributed by atoms with Crippen molar-refractivity contribution < 1.29 is 13.6 Å². The van der Waals surface area contributed by atoms with E-state index in [1.165, 1.54) is 11.1 Å². The van der Waals surface area contributed by atoms with Crippen LogP contribution in [0.4, 0.5) is 0 Å². The Morgan fingerprint density at radius 3 is 1.69 bits per heavy atom. The van der Waals surface area contributed by atoms with Crippen LogP contribution in [0.5, 0.6) is 5.75 Å². The summed E-state index contributed by atoms with van der Waals surface area (Å²) in [7, 11) is -1.35. The van der Waals surface area contributed by atoms with Gasteiger partial charge in [0.15, 0.2) is 0 Å². The average molecular weight is 383 g/mol. The summed E-state index contributed by atoms with van der Waals surface area (Å²) in [5.74, 6) is 0.835. The number of rotatable bonds is 10. The van der Waals surface area contributed by atoms with Crippen molar-refractivity contribution in [3.05, 3.63) is 29.3 Å². The van der Waals surface area contributed by atoms with Crippen LogP contribution in [0.2, 0.25) is 0 Å². The zero-order valence-electron chi connectivity index (χ0n) is 18.1. The quantitative estimate of drug-likeness (QED) is 0.309. The molecule has 0 aliphatic heterocycles. The summed E-state index contributed by atoms with van der Waals surface area (Å²) in [6, 6.07) is 6.42. The van der Waals surface area contributed by atoms with Crippen molar-refractivity contribution in [2.45, 2.75) is 91.9 Å². The second-order valence-corrected chi connectivity index (χ2v) is 10.0. The molecule has 3 nitrogen and oxygen atoms in total. The van der Waals surface area contributed by atoms with Gasteiger partial charge in [-0.2, -0.15) is 0 Å². The van der Waals surface area contributed by atoms with E-state index in [1.807, 2.05) is 0 Å². The number of hydrogen-bond donors (Lipinski definition) is 0. The smallest absolute Gasteiger partial charge is 0.397 e. The van der Waals surface area contributed by atoms with Gasteiger partial charge >= 0.3 is 8.60 Å². The molecule has 0 saturated carbocycles. The van der Waals surface area contributed by atoms with E-state index in [0.29, 0.717) is 13.2 Å². The Labute approximate surface area is 162 Å². The Morgan fingerprint density at radius 2 is 1.27 bits per heavy atom. The van der Waals surface area contributed by atoms with Gasteiger partial charge in [-0.1, -0.05) is 74.3 Å². The molecule has 0 aromatic heterocycles. The third-order valence-electron chi connectivity index (χ3n) is 4.18. The van der Waals surface area contributed by atoms with Crippen molar-refractivity contribution in [1.82, 2.24) is 0 Å². The molecule has 1 rings (SSSR count). The van der Waals surface area contributed by atoms with E-state index in [9.17, 15) is 0 Å². The minimum atomic E-state index is -1.35. The van der Waals surface area contributed by atoms with Crippen molar-refractivity contribution in [3.8, 4) is 5.75 Å². The zero-order chi connectivity index (χ0) is 19.8. The maximum Gasteiger partial charge on any atom is 0.397 e. The van der Waals surface area contributed by atoms with Crippen LogP contribution in [0, 0.1) is 0 Å². The molecular formula is C22H39O3P. The molecule has 0 saturated heterocycles. The van der Waals surface area contributed by atoms with Gasteiger partial charge in [0.25, 0.3) is 0 Å². The molecule has 0 aliphatic carbocycles. The monoisotopic (exact) mass is 382 g/mol. The molecule has 0 unspecified atom stereocenters. The molecule has 0 atom stereocenters. The third kappa shape index (κ3) is 7.94. The van der Waals surface area contributed by atoms with Crippen LogP contribution in [0.3, 0.4) is 0 Å². The summed E-state index contributed by atoms with van der Waals surface area (Å²) >= 11 is 0. The van der Waals surface area contributed by atoms with Crippen molar-refractivity contribution in [1.29, 1.82) is 0 Å². The van der Waals surface area contributed by atoms with Crippen molar-refractivity contribution in [2.75, 3.05) is 13.2 Å². The average Bonchev–Trinajstić information content (AvgIpc) is 2.53. The summed E-state index contributed by atoms with van der Waals surface area (Å²) in [5.41, 5.74) is 2.83. The van der Waals surface area contributed by atoms with Gasteiger partial charge in [-0.15, -0.1) is 0 Å². The summed E-state index contributed by atoms with van der Waals surface area (Å²) < 4.78 is 17.9. The number of benzene rings is 1. The number of unbranched alkanes of at least 4 members (excludes halogenated alkanes) is 2. The summed E-state index contributed by atoms with van der Waals surface area (Å²) in [5, 5.41) is 0. The van der Waals surface area contributed by atoms with Gasteiger partial charge in [0.1, 0.15) is 5.75 Å². The normalized spacial score (nSPS) is 12.7. The van der Waals surface area contributed by atoms with Crippen molar-refractivity contribution in [3.63, 3.8) is 0 Å². The first-order chi connectivity index (χ1) is 12.1. The molecule has 1 aromatic rings. The third-order valence-corrected chi connectivity index (χ3v) is 5.32. The maximum atomic E-state index is 6.13. The molecule has 0 radical (unpaired) electrons. The lowest BCUT2D eigenvalue weighted by atomic mass is 9.75. The second kappa shape index (κ2) is 10.6. The van der Waals surface area contributed by atoms with Crippen LogP contribution in [-0.2, 0) is 19.9 Å². The molecule has 26 heavy (non-hydrogen) atoms. The Morgan fingerprint density at radius 1 is 0.769 bits per heavy atom. The lowest BCUT2D eigenvalue weighted by molar-refractivity contribution is 0.201. The van der Waals surface area contributed by atoms with Gasteiger partial charge in [-0.05, 0) is 46.9 Å². The Kier molecular flexibility index (Phi) is 9.58. The fraction of sp³-hybridized carbons (Fsp3) is 0.727. The van der Waals surface area contributed by atoms with E-state index >= 15 is 0 Å². The Bertz CT molecular complexity index is 519. The minimum Gasteiger partial charge on any atom is -0.427 e. The van der Waals surface area contributed by atoms with Crippen LogP contribution >= 0.6 is 8.60 Å². The van der Waals surface area contributed by atoms with Gasteiger partial charge < -0.3 is 13.6 Å². The molecule has 0 bridgehead atoms. The van der Waals surface area contributed by atoms with Gasteiger partial charge in [0.05, 0.1) is 13.2 Å². The predicted molar refractivity (Wildman–Crippen MR) is 113 cm³/mol. The van der Waals surface area contributed by atoms with Crippen LogP contribution in [-0.4, -0.2) is 13.2 Å². The molecule has 0 heterocycles. The first-order valence-corrected chi connectivity index (χ1v) is 11.1. The lowest BCUT2D eigenvalue weighted by Gasteiger charge is -2.30. The lowest BCUT2D eigenvalue weighted by Crippen LogP contribution is -2.21. The molecular weight excluding hydrogens is 343 g/mol.